The molecule has 0 aliphatic heterocycles. The van der Waals surface area contributed by atoms with Crippen LogP contribution in [0.15, 0.2) is 24.4 Å². The van der Waals surface area contributed by atoms with Gasteiger partial charge in [0.25, 0.3) is 0 Å². The van der Waals surface area contributed by atoms with Gasteiger partial charge in [0.1, 0.15) is 5.75 Å². The number of aromatic nitrogens is 1. The first-order valence-electron chi connectivity index (χ1n) is 6.24. The summed E-state index contributed by atoms with van der Waals surface area (Å²) in [5.74, 6) is 0.382. The fourth-order valence-electron chi connectivity index (χ4n) is 2.43. The normalized spacial score (nSPS) is 15.9. The molecule has 1 heterocycles. The van der Waals surface area contributed by atoms with Crippen molar-refractivity contribution in [3.63, 3.8) is 0 Å². The third-order valence-electron chi connectivity index (χ3n) is 3.67. The molecule has 2 aromatic rings. The molecule has 3 heteroatoms. The molecule has 0 amide bonds. The number of likely N-dealkylation sites (N-methyl/N-ethyl adjacent to an activating group) is 1. The van der Waals surface area contributed by atoms with Crippen molar-refractivity contribution in [2.75, 3.05) is 13.6 Å². The van der Waals surface area contributed by atoms with Gasteiger partial charge in [-0.3, -0.25) is 0 Å². The molecule has 1 aliphatic rings. The minimum absolute atomic E-state index is 0.382. The predicted octanol–water partition coefficient (Wildman–Crippen LogP) is 2.51. The molecule has 1 aliphatic carbocycles. The zero-order valence-corrected chi connectivity index (χ0v) is 10.1. The Morgan fingerprint density at radius 3 is 3.00 bits per heavy atom. The minimum atomic E-state index is 0.382. The average molecular weight is 230 g/mol. The fraction of sp³-hybridized carbons (Fsp3) is 0.429. The molecule has 3 nitrogen and oxygen atoms in total. The number of aromatic amines is 1. The topological polar surface area (TPSA) is 39.3 Å². The van der Waals surface area contributed by atoms with E-state index in [1.165, 1.54) is 18.4 Å². The standard InChI is InChI=1S/C14H18N2O/c1-16(11-5-6-11)8-7-10-9-15-12-3-2-4-13(17)14(10)12/h2-4,9,11,15,17H,5-8H2,1H3. The summed E-state index contributed by atoms with van der Waals surface area (Å²) in [7, 11) is 2.19. The van der Waals surface area contributed by atoms with Crippen LogP contribution >= 0.6 is 0 Å². The Labute approximate surface area is 101 Å². The molecule has 0 radical (unpaired) electrons. The van der Waals surface area contributed by atoms with Crippen LogP contribution in [0.3, 0.4) is 0 Å². The van der Waals surface area contributed by atoms with E-state index in [0.29, 0.717) is 5.75 Å². The average Bonchev–Trinajstić information content (AvgIpc) is 3.08. The van der Waals surface area contributed by atoms with Gasteiger partial charge < -0.3 is 15.0 Å². The van der Waals surface area contributed by atoms with Gasteiger partial charge in [-0.1, -0.05) is 6.07 Å². The van der Waals surface area contributed by atoms with Crippen molar-refractivity contribution >= 4 is 10.9 Å². The monoisotopic (exact) mass is 230 g/mol. The second-order valence-corrected chi connectivity index (χ2v) is 4.98. The lowest BCUT2D eigenvalue weighted by Gasteiger charge is -2.14. The maximum Gasteiger partial charge on any atom is 0.125 e. The van der Waals surface area contributed by atoms with E-state index in [2.05, 4.69) is 16.9 Å². The lowest BCUT2D eigenvalue weighted by atomic mass is 10.1. The number of phenols is 1. The number of hydrogen-bond acceptors (Lipinski definition) is 2. The minimum Gasteiger partial charge on any atom is -0.507 e. The molecule has 1 aromatic carbocycles. The van der Waals surface area contributed by atoms with E-state index < -0.39 is 0 Å². The summed E-state index contributed by atoms with van der Waals surface area (Å²) < 4.78 is 0. The van der Waals surface area contributed by atoms with Crippen molar-refractivity contribution in [1.29, 1.82) is 0 Å². The van der Waals surface area contributed by atoms with E-state index in [0.717, 1.165) is 29.9 Å². The van der Waals surface area contributed by atoms with Gasteiger partial charge in [0.2, 0.25) is 0 Å². The number of nitrogens with zero attached hydrogens (tertiary/aromatic N) is 1. The number of hydrogen-bond donors (Lipinski definition) is 2. The summed E-state index contributed by atoms with van der Waals surface area (Å²) in [5, 5.41) is 10.9. The van der Waals surface area contributed by atoms with E-state index in [4.69, 9.17) is 0 Å². The maximum absolute atomic E-state index is 9.89. The SMILES string of the molecule is CN(CCc1c[nH]c2cccc(O)c12)C1CC1. The molecule has 17 heavy (non-hydrogen) atoms. The highest BCUT2D eigenvalue weighted by molar-refractivity contribution is 5.88. The Morgan fingerprint density at radius 1 is 1.41 bits per heavy atom. The second-order valence-electron chi connectivity index (χ2n) is 4.98. The van der Waals surface area contributed by atoms with E-state index in [1.54, 1.807) is 6.07 Å². The molecule has 0 bridgehead atoms. The van der Waals surface area contributed by atoms with Crippen molar-refractivity contribution in [2.24, 2.45) is 0 Å². The van der Waals surface area contributed by atoms with Gasteiger partial charge in [-0.15, -0.1) is 0 Å². The lowest BCUT2D eigenvalue weighted by molar-refractivity contribution is 0.329. The van der Waals surface area contributed by atoms with Crippen molar-refractivity contribution in [3.8, 4) is 5.75 Å². The van der Waals surface area contributed by atoms with E-state index >= 15 is 0 Å². The van der Waals surface area contributed by atoms with Crippen molar-refractivity contribution in [2.45, 2.75) is 25.3 Å². The molecule has 0 atom stereocenters. The van der Waals surface area contributed by atoms with Crippen LogP contribution in [0.1, 0.15) is 18.4 Å². The van der Waals surface area contributed by atoms with Crippen molar-refractivity contribution in [3.05, 3.63) is 30.0 Å². The molecule has 0 spiro atoms. The van der Waals surface area contributed by atoms with Gasteiger partial charge in [0.05, 0.1) is 0 Å². The van der Waals surface area contributed by atoms with Crippen molar-refractivity contribution in [1.82, 2.24) is 9.88 Å². The fourth-order valence-corrected chi connectivity index (χ4v) is 2.43. The van der Waals surface area contributed by atoms with Gasteiger partial charge in [-0.2, -0.15) is 0 Å². The molecule has 1 aromatic heterocycles. The van der Waals surface area contributed by atoms with E-state index in [9.17, 15) is 5.11 Å². The highest BCUT2D eigenvalue weighted by atomic mass is 16.3. The van der Waals surface area contributed by atoms with Crippen LogP contribution < -0.4 is 0 Å². The Hall–Kier alpha value is -1.48. The molecular formula is C14H18N2O. The van der Waals surface area contributed by atoms with Crippen LogP contribution in [0.5, 0.6) is 5.75 Å². The lowest BCUT2D eigenvalue weighted by Crippen LogP contribution is -2.23. The zero-order chi connectivity index (χ0) is 11.8. The van der Waals surface area contributed by atoms with Gasteiger partial charge in [0.15, 0.2) is 0 Å². The summed E-state index contributed by atoms with van der Waals surface area (Å²) in [6, 6.07) is 6.43. The predicted molar refractivity (Wildman–Crippen MR) is 69.3 cm³/mol. The summed E-state index contributed by atoms with van der Waals surface area (Å²) >= 11 is 0. The zero-order valence-electron chi connectivity index (χ0n) is 10.1. The van der Waals surface area contributed by atoms with E-state index in [1.807, 2.05) is 18.3 Å². The summed E-state index contributed by atoms with van der Waals surface area (Å²) in [6.07, 6.45) is 5.70. The Kier molecular flexibility index (Phi) is 2.56. The van der Waals surface area contributed by atoms with Gasteiger partial charge in [0, 0.05) is 29.7 Å². The number of benzene rings is 1. The first kappa shape index (κ1) is 10.7. The first-order chi connectivity index (χ1) is 8.25. The van der Waals surface area contributed by atoms with Crippen LogP contribution in [0.4, 0.5) is 0 Å². The molecule has 1 fully saturated rings. The van der Waals surface area contributed by atoms with Crippen LogP contribution in [0.2, 0.25) is 0 Å². The van der Waals surface area contributed by atoms with Crippen LogP contribution in [-0.2, 0) is 6.42 Å². The summed E-state index contributed by atoms with van der Waals surface area (Å²) in [6.45, 7) is 1.06. The molecule has 2 N–H and O–H groups in total. The van der Waals surface area contributed by atoms with Gasteiger partial charge in [-0.25, -0.2) is 0 Å². The van der Waals surface area contributed by atoms with Gasteiger partial charge >= 0.3 is 0 Å². The third kappa shape index (κ3) is 2.03. The Morgan fingerprint density at radius 2 is 2.24 bits per heavy atom. The number of aromatic hydroxyl groups is 1. The first-order valence-corrected chi connectivity index (χ1v) is 6.24. The number of fused-ring (bicyclic) bond motifs is 1. The quantitative estimate of drug-likeness (QED) is 0.847. The maximum atomic E-state index is 9.89. The number of rotatable bonds is 4. The largest absolute Gasteiger partial charge is 0.507 e. The number of phenolic OH excluding ortho intramolecular Hbond substituents is 1. The molecule has 3 rings (SSSR count). The van der Waals surface area contributed by atoms with Crippen LogP contribution in [0.25, 0.3) is 10.9 Å². The van der Waals surface area contributed by atoms with E-state index in [-0.39, 0.29) is 0 Å². The van der Waals surface area contributed by atoms with Gasteiger partial charge in [-0.05, 0) is 44.0 Å². The Bertz CT molecular complexity index is 528. The highest BCUT2D eigenvalue weighted by Crippen LogP contribution is 2.29. The molecule has 0 saturated heterocycles. The molecule has 1 saturated carbocycles. The number of nitrogens with one attached hydrogen (secondary N) is 1. The second kappa shape index (κ2) is 4.08. The van der Waals surface area contributed by atoms with Crippen molar-refractivity contribution < 1.29 is 5.11 Å². The molecular weight excluding hydrogens is 212 g/mol. The third-order valence-corrected chi connectivity index (χ3v) is 3.67. The summed E-state index contributed by atoms with van der Waals surface area (Å²) in [5.41, 5.74) is 2.24. The van der Waals surface area contributed by atoms with Crippen LogP contribution in [0, 0.1) is 0 Å². The smallest absolute Gasteiger partial charge is 0.125 e. The van der Waals surface area contributed by atoms with Crippen LogP contribution in [-0.4, -0.2) is 34.6 Å². The highest BCUT2D eigenvalue weighted by Gasteiger charge is 2.25. The molecule has 0 unspecified atom stereocenters. The summed E-state index contributed by atoms with van der Waals surface area (Å²) in [4.78, 5) is 5.63. The Balaban J connectivity index is 1.80. The molecule has 90 valence electrons. The number of H-pyrrole nitrogens is 1.